The van der Waals surface area contributed by atoms with Crippen molar-refractivity contribution in [2.75, 3.05) is 7.11 Å². The predicted molar refractivity (Wildman–Crippen MR) is 79.3 cm³/mol. The van der Waals surface area contributed by atoms with E-state index in [-0.39, 0.29) is 22.6 Å². The topological polar surface area (TPSA) is 35.5 Å². The molecule has 0 aromatic heterocycles. The molecule has 7 heteroatoms. The number of alkyl halides is 2. The molecule has 3 nitrogen and oxygen atoms in total. The molecule has 0 saturated carbocycles. The van der Waals surface area contributed by atoms with Gasteiger partial charge in [-0.25, -0.2) is 8.78 Å². The van der Waals surface area contributed by atoms with Gasteiger partial charge in [-0.15, -0.1) is 0 Å². The van der Waals surface area contributed by atoms with E-state index in [0.29, 0.717) is 0 Å². The first kappa shape index (κ1) is 17.5. The second-order valence-corrected chi connectivity index (χ2v) is 4.58. The third kappa shape index (κ3) is 4.13. The van der Waals surface area contributed by atoms with Crippen LogP contribution < -0.4 is 9.47 Å². The highest BCUT2D eigenvalue weighted by Gasteiger charge is 2.13. The van der Waals surface area contributed by atoms with Crippen LogP contribution in [-0.2, 0) is 0 Å². The Balaban J connectivity index is 2.23. The number of carbonyl (C=O) groups is 1. The number of hydrogen-bond donors (Lipinski definition) is 0. The standard InChI is InChI=1S/C17H12F4O3/c1-23-15-9-11(6-8-14(15)24-17(20)21)13(22)7-5-10-3-2-4-12(18)16(10)19/h2-9,17H,1H3. The van der Waals surface area contributed by atoms with Gasteiger partial charge in [0.2, 0.25) is 0 Å². The molecule has 0 fully saturated rings. The fraction of sp³-hybridized carbons (Fsp3) is 0.118. The van der Waals surface area contributed by atoms with Crippen LogP contribution in [0.2, 0.25) is 0 Å². The van der Waals surface area contributed by atoms with Gasteiger partial charge in [-0.2, -0.15) is 8.78 Å². The molecule has 0 saturated heterocycles. The Kier molecular flexibility index (Phi) is 5.57. The van der Waals surface area contributed by atoms with E-state index in [2.05, 4.69) is 4.74 Å². The van der Waals surface area contributed by atoms with Crippen LogP contribution in [0.15, 0.2) is 42.5 Å². The van der Waals surface area contributed by atoms with E-state index in [1.54, 1.807) is 0 Å². The van der Waals surface area contributed by atoms with Gasteiger partial charge in [0.25, 0.3) is 0 Å². The van der Waals surface area contributed by atoms with Gasteiger partial charge in [0.05, 0.1) is 7.11 Å². The number of rotatable bonds is 6. The minimum Gasteiger partial charge on any atom is -0.493 e. The first-order valence-corrected chi connectivity index (χ1v) is 6.71. The normalized spacial score (nSPS) is 11.1. The van der Waals surface area contributed by atoms with E-state index in [1.165, 1.54) is 31.4 Å². The number of methoxy groups -OCH3 is 1. The van der Waals surface area contributed by atoms with Gasteiger partial charge in [-0.3, -0.25) is 4.79 Å². The molecule has 0 bridgehead atoms. The minimum atomic E-state index is -3.03. The van der Waals surface area contributed by atoms with Gasteiger partial charge in [0.1, 0.15) is 0 Å². The van der Waals surface area contributed by atoms with Gasteiger partial charge in [0.15, 0.2) is 28.9 Å². The van der Waals surface area contributed by atoms with Crippen molar-refractivity contribution in [3.05, 3.63) is 65.2 Å². The Morgan fingerprint density at radius 2 is 1.88 bits per heavy atom. The summed E-state index contributed by atoms with van der Waals surface area (Å²) in [6, 6.07) is 7.21. The third-order valence-electron chi connectivity index (χ3n) is 3.06. The van der Waals surface area contributed by atoms with Crippen molar-refractivity contribution < 1.29 is 31.8 Å². The summed E-state index contributed by atoms with van der Waals surface area (Å²) in [6.45, 7) is -3.03. The molecule has 0 heterocycles. The number of ketones is 1. The van der Waals surface area contributed by atoms with Crippen LogP contribution >= 0.6 is 0 Å². The molecule has 0 N–H and O–H groups in total. The maximum absolute atomic E-state index is 13.5. The van der Waals surface area contributed by atoms with Gasteiger partial charge >= 0.3 is 6.61 Å². The minimum absolute atomic E-state index is 0.0495. The van der Waals surface area contributed by atoms with E-state index in [9.17, 15) is 22.4 Å². The van der Waals surface area contributed by atoms with Crippen molar-refractivity contribution in [1.29, 1.82) is 0 Å². The Labute approximate surface area is 135 Å². The molecule has 0 radical (unpaired) electrons. The lowest BCUT2D eigenvalue weighted by Crippen LogP contribution is -2.04. The Hall–Kier alpha value is -2.83. The lowest BCUT2D eigenvalue weighted by molar-refractivity contribution is -0.0512. The summed E-state index contributed by atoms with van der Waals surface area (Å²) < 4.78 is 60.2. The monoisotopic (exact) mass is 340 g/mol. The zero-order valence-corrected chi connectivity index (χ0v) is 12.4. The zero-order valence-electron chi connectivity index (χ0n) is 12.4. The van der Waals surface area contributed by atoms with Crippen LogP contribution in [0.25, 0.3) is 6.08 Å². The summed E-state index contributed by atoms with van der Waals surface area (Å²) in [5, 5.41) is 0. The van der Waals surface area contributed by atoms with E-state index < -0.39 is 24.0 Å². The van der Waals surface area contributed by atoms with Gasteiger partial charge in [-0.1, -0.05) is 12.1 Å². The summed E-state index contributed by atoms with van der Waals surface area (Å²) in [5.74, 6) is -2.91. The highest BCUT2D eigenvalue weighted by atomic mass is 19.3. The average Bonchev–Trinajstić information content (AvgIpc) is 2.55. The lowest BCUT2D eigenvalue weighted by Gasteiger charge is -2.10. The molecule has 0 unspecified atom stereocenters. The van der Waals surface area contributed by atoms with E-state index in [4.69, 9.17) is 4.74 Å². The Morgan fingerprint density at radius 3 is 2.54 bits per heavy atom. The van der Waals surface area contributed by atoms with Gasteiger partial charge in [-0.05, 0) is 36.4 Å². The van der Waals surface area contributed by atoms with Crippen LogP contribution in [0, 0.1) is 11.6 Å². The fourth-order valence-electron chi connectivity index (χ4n) is 1.93. The first-order valence-electron chi connectivity index (χ1n) is 6.71. The highest BCUT2D eigenvalue weighted by Crippen LogP contribution is 2.29. The molecular formula is C17H12F4O3. The SMILES string of the molecule is COc1cc(C(=O)C=Cc2cccc(F)c2F)ccc1OC(F)F. The molecular weight excluding hydrogens is 328 g/mol. The van der Waals surface area contributed by atoms with E-state index in [1.807, 2.05) is 0 Å². The first-order chi connectivity index (χ1) is 11.4. The molecule has 0 aliphatic rings. The van der Waals surface area contributed by atoms with Crippen molar-refractivity contribution in [3.8, 4) is 11.5 Å². The van der Waals surface area contributed by atoms with Crippen LogP contribution in [0.5, 0.6) is 11.5 Å². The fourth-order valence-corrected chi connectivity index (χ4v) is 1.93. The molecule has 0 amide bonds. The summed E-state index contributed by atoms with van der Waals surface area (Å²) in [7, 11) is 1.24. The van der Waals surface area contributed by atoms with Crippen molar-refractivity contribution in [2.24, 2.45) is 0 Å². The number of benzene rings is 2. The number of hydrogen-bond acceptors (Lipinski definition) is 3. The largest absolute Gasteiger partial charge is 0.493 e. The summed E-state index contributed by atoms with van der Waals surface area (Å²) in [4.78, 5) is 12.1. The van der Waals surface area contributed by atoms with E-state index in [0.717, 1.165) is 24.3 Å². The Bertz CT molecular complexity index is 772. The molecule has 0 aliphatic carbocycles. The second-order valence-electron chi connectivity index (χ2n) is 4.58. The Morgan fingerprint density at radius 1 is 1.12 bits per heavy atom. The van der Waals surface area contributed by atoms with Crippen LogP contribution in [0.3, 0.4) is 0 Å². The molecule has 2 aromatic carbocycles. The second kappa shape index (κ2) is 7.63. The van der Waals surface area contributed by atoms with Crippen LogP contribution in [0.4, 0.5) is 17.6 Å². The molecule has 126 valence electrons. The average molecular weight is 340 g/mol. The van der Waals surface area contributed by atoms with Crippen molar-refractivity contribution in [1.82, 2.24) is 0 Å². The van der Waals surface area contributed by atoms with Crippen molar-refractivity contribution >= 4 is 11.9 Å². The highest BCUT2D eigenvalue weighted by molar-refractivity contribution is 6.07. The molecule has 2 aromatic rings. The van der Waals surface area contributed by atoms with Crippen LogP contribution in [0.1, 0.15) is 15.9 Å². The molecule has 2 rings (SSSR count). The smallest absolute Gasteiger partial charge is 0.387 e. The van der Waals surface area contributed by atoms with Gasteiger partial charge < -0.3 is 9.47 Å². The number of carbonyl (C=O) groups excluding carboxylic acids is 1. The van der Waals surface area contributed by atoms with Gasteiger partial charge in [0, 0.05) is 11.1 Å². The summed E-state index contributed by atoms with van der Waals surface area (Å²) in [6.07, 6.45) is 2.16. The molecule has 24 heavy (non-hydrogen) atoms. The molecule has 0 aliphatic heterocycles. The van der Waals surface area contributed by atoms with E-state index >= 15 is 0 Å². The number of ether oxygens (including phenoxy) is 2. The summed E-state index contributed by atoms with van der Waals surface area (Å²) in [5.41, 5.74) is 0.0227. The molecule has 0 atom stereocenters. The predicted octanol–water partition coefficient (Wildman–Crippen LogP) is 4.47. The quantitative estimate of drug-likeness (QED) is 0.442. The number of allylic oxidation sites excluding steroid dienone is 1. The lowest BCUT2D eigenvalue weighted by atomic mass is 10.1. The van der Waals surface area contributed by atoms with Crippen molar-refractivity contribution in [3.63, 3.8) is 0 Å². The van der Waals surface area contributed by atoms with Crippen molar-refractivity contribution in [2.45, 2.75) is 6.61 Å². The number of halogens is 4. The third-order valence-corrected chi connectivity index (χ3v) is 3.06. The van der Waals surface area contributed by atoms with Crippen LogP contribution in [-0.4, -0.2) is 19.5 Å². The molecule has 0 spiro atoms. The summed E-state index contributed by atoms with van der Waals surface area (Å²) >= 11 is 0. The maximum atomic E-state index is 13.5. The maximum Gasteiger partial charge on any atom is 0.387 e. The zero-order chi connectivity index (χ0) is 17.7.